The van der Waals surface area contributed by atoms with Crippen LogP contribution in [0.25, 0.3) is 22.0 Å². The van der Waals surface area contributed by atoms with Gasteiger partial charge in [-0.05, 0) is 60.1 Å². The largest absolute Gasteiger partial charge is 0.481 e. The lowest BCUT2D eigenvalue weighted by molar-refractivity contribution is 0.0896. The van der Waals surface area contributed by atoms with E-state index < -0.39 is 6.10 Å². The minimum Gasteiger partial charge on any atom is -0.481 e. The summed E-state index contributed by atoms with van der Waals surface area (Å²) in [6.07, 6.45) is 3.98. The Kier molecular flexibility index (Phi) is 6.59. The molecule has 2 aromatic carbocycles. The number of aliphatic hydroxyl groups is 1. The summed E-state index contributed by atoms with van der Waals surface area (Å²) < 4.78 is 8.11. The molecule has 2 aromatic heterocycles. The third-order valence-electron chi connectivity index (χ3n) is 7.71. The highest BCUT2D eigenvalue weighted by Gasteiger charge is 2.26. The van der Waals surface area contributed by atoms with Gasteiger partial charge in [0.05, 0.1) is 30.7 Å². The molecule has 4 aromatic rings. The number of aliphatic hydroxyl groups excluding tert-OH is 1. The normalized spacial score (nSPS) is 16.4. The zero-order valence-corrected chi connectivity index (χ0v) is 21.5. The smallest absolute Gasteiger partial charge is 0.331 e. The average Bonchev–Trinajstić information content (AvgIpc) is 3.77. The predicted octanol–water partition coefficient (Wildman–Crippen LogP) is 3.06. The Morgan fingerprint density at radius 1 is 1.00 bits per heavy atom. The van der Waals surface area contributed by atoms with E-state index in [1.807, 2.05) is 24.3 Å². The number of methoxy groups -OCH3 is 1. The SMILES string of the molecule is COc1ccc(-c2ccc3c(=O)n(C[C@H](O)CN4CCc5ccccc5C4)c(=O)n(CC4CC4)c3c2)cn1. The summed E-state index contributed by atoms with van der Waals surface area (Å²) in [6, 6.07) is 17.6. The summed E-state index contributed by atoms with van der Waals surface area (Å²) in [5.41, 5.74) is 4.26. The number of rotatable bonds is 8. The molecule has 2 aliphatic rings. The molecule has 1 aliphatic carbocycles. The fourth-order valence-electron chi connectivity index (χ4n) is 5.44. The van der Waals surface area contributed by atoms with Gasteiger partial charge in [0.15, 0.2) is 0 Å². The fourth-order valence-corrected chi connectivity index (χ4v) is 5.44. The molecular formula is C30H32N4O4. The monoisotopic (exact) mass is 512 g/mol. The van der Waals surface area contributed by atoms with E-state index in [4.69, 9.17) is 4.74 Å². The van der Waals surface area contributed by atoms with Crippen LogP contribution < -0.4 is 16.0 Å². The van der Waals surface area contributed by atoms with Crippen molar-refractivity contribution in [2.45, 2.75) is 45.0 Å². The van der Waals surface area contributed by atoms with Crippen molar-refractivity contribution >= 4 is 10.9 Å². The number of aromatic nitrogens is 3. The molecule has 0 bridgehead atoms. The molecule has 6 rings (SSSR count). The average molecular weight is 513 g/mol. The lowest BCUT2D eigenvalue weighted by Crippen LogP contribution is -2.45. The maximum atomic E-state index is 13.7. The van der Waals surface area contributed by atoms with Crippen LogP contribution in [0.5, 0.6) is 5.88 Å². The molecule has 0 saturated heterocycles. The van der Waals surface area contributed by atoms with Crippen LogP contribution in [-0.2, 0) is 26.1 Å². The fraction of sp³-hybridized carbons (Fsp3) is 0.367. The van der Waals surface area contributed by atoms with Gasteiger partial charge in [-0.3, -0.25) is 18.8 Å². The van der Waals surface area contributed by atoms with Crippen molar-refractivity contribution in [1.82, 2.24) is 19.0 Å². The predicted molar refractivity (Wildman–Crippen MR) is 146 cm³/mol. The van der Waals surface area contributed by atoms with Crippen molar-refractivity contribution in [1.29, 1.82) is 0 Å². The molecule has 38 heavy (non-hydrogen) atoms. The van der Waals surface area contributed by atoms with Crippen molar-refractivity contribution in [2.75, 3.05) is 20.2 Å². The second-order valence-electron chi connectivity index (χ2n) is 10.5. The number of hydrogen-bond acceptors (Lipinski definition) is 6. The van der Waals surface area contributed by atoms with Gasteiger partial charge in [0.1, 0.15) is 0 Å². The number of ether oxygens (including phenoxy) is 1. The van der Waals surface area contributed by atoms with E-state index >= 15 is 0 Å². The third kappa shape index (κ3) is 4.89. The maximum absolute atomic E-state index is 13.7. The lowest BCUT2D eigenvalue weighted by atomic mass is 10.00. The number of pyridine rings is 1. The Labute approximate surface area is 220 Å². The van der Waals surface area contributed by atoms with Crippen LogP contribution in [0.4, 0.5) is 0 Å². The van der Waals surface area contributed by atoms with E-state index in [2.05, 4.69) is 28.1 Å². The summed E-state index contributed by atoms with van der Waals surface area (Å²) >= 11 is 0. The summed E-state index contributed by atoms with van der Waals surface area (Å²) in [4.78, 5) is 33.7. The summed E-state index contributed by atoms with van der Waals surface area (Å²) in [6.45, 7) is 2.55. The Balaban J connectivity index is 1.31. The van der Waals surface area contributed by atoms with Gasteiger partial charge < -0.3 is 9.84 Å². The molecule has 1 fully saturated rings. The molecule has 0 unspecified atom stereocenters. The van der Waals surface area contributed by atoms with Crippen molar-refractivity contribution in [2.24, 2.45) is 5.92 Å². The van der Waals surface area contributed by atoms with Gasteiger partial charge in [-0.15, -0.1) is 0 Å². The van der Waals surface area contributed by atoms with Crippen molar-refractivity contribution in [3.8, 4) is 17.0 Å². The molecule has 1 atom stereocenters. The topological polar surface area (TPSA) is 89.6 Å². The zero-order chi connectivity index (χ0) is 26.2. The molecule has 8 heteroatoms. The van der Waals surface area contributed by atoms with Crippen LogP contribution in [0.15, 0.2) is 70.4 Å². The quantitative estimate of drug-likeness (QED) is 0.390. The number of hydrogen-bond donors (Lipinski definition) is 1. The highest BCUT2D eigenvalue weighted by Crippen LogP contribution is 2.31. The van der Waals surface area contributed by atoms with Crippen LogP contribution in [0.2, 0.25) is 0 Å². The number of benzene rings is 2. The van der Waals surface area contributed by atoms with Gasteiger partial charge in [-0.25, -0.2) is 9.78 Å². The lowest BCUT2D eigenvalue weighted by Gasteiger charge is -2.30. The van der Waals surface area contributed by atoms with E-state index in [9.17, 15) is 14.7 Å². The van der Waals surface area contributed by atoms with Crippen LogP contribution in [0.1, 0.15) is 24.0 Å². The molecule has 1 aliphatic heterocycles. The van der Waals surface area contributed by atoms with E-state index in [0.29, 0.717) is 35.8 Å². The zero-order valence-electron chi connectivity index (χ0n) is 21.5. The molecule has 0 radical (unpaired) electrons. The number of nitrogens with zero attached hydrogens (tertiary/aromatic N) is 4. The standard InChI is InChI=1S/C30H32N4O4/c1-38-28-11-9-23(15-31-28)22-8-10-26-27(14-22)33(16-20-6-7-20)30(37)34(29(26)36)19-25(35)18-32-13-12-21-4-2-3-5-24(21)17-32/h2-5,8-11,14-15,20,25,35H,6-7,12-13,16-19H2,1H3/t25-/m1/s1. The third-order valence-corrected chi connectivity index (χ3v) is 7.71. The first-order valence-corrected chi connectivity index (χ1v) is 13.2. The molecule has 0 amide bonds. The molecular weight excluding hydrogens is 480 g/mol. The molecule has 8 nitrogen and oxygen atoms in total. The van der Waals surface area contributed by atoms with Gasteiger partial charge >= 0.3 is 5.69 Å². The Morgan fingerprint density at radius 2 is 1.79 bits per heavy atom. The summed E-state index contributed by atoms with van der Waals surface area (Å²) in [5, 5.41) is 11.5. The first-order valence-electron chi connectivity index (χ1n) is 13.2. The second kappa shape index (κ2) is 10.2. The van der Waals surface area contributed by atoms with Crippen LogP contribution in [0.3, 0.4) is 0 Å². The van der Waals surface area contributed by atoms with E-state index in [1.54, 1.807) is 30.0 Å². The Hall–Kier alpha value is -3.75. The van der Waals surface area contributed by atoms with E-state index in [1.165, 1.54) is 15.7 Å². The van der Waals surface area contributed by atoms with Gasteiger partial charge in [0.25, 0.3) is 5.56 Å². The van der Waals surface area contributed by atoms with Crippen LogP contribution in [-0.4, -0.2) is 50.4 Å². The Bertz CT molecular complexity index is 1590. The molecule has 1 saturated carbocycles. The van der Waals surface area contributed by atoms with Crippen molar-refractivity contribution in [3.63, 3.8) is 0 Å². The van der Waals surface area contributed by atoms with Gasteiger partial charge in [0, 0.05) is 44.0 Å². The van der Waals surface area contributed by atoms with E-state index in [0.717, 1.165) is 43.5 Å². The van der Waals surface area contributed by atoms with Crippen LogP contribution in [0, 0.1) is 5.92 Å². The molecule has 196 valence electrons. The number of β-amino-alcohol motifs (C(OH)–C–C–N with tert-alkyl or cyclic N) is 1. The first kappa shape index (κ1) is 24.6. The van der Waals surface area contributed by atoms with Crippen LogP contribution >= 0.6 is 0 Å². The summed E-state index contributed by atoms with van der Waals surface area (Å²) in [7, 11) is 1.57. The molecule has 3 heterocycles. The Morgan fingerprint density at radius 3 is 2.53 bits per heavy atom. The highest BCUT2D eigenvalue weighted by molar-refractivity contribution is 5.84. The minimum atomic E-state index is -0.831. The van der Waals surface area contributed by atoms with Crippen molar-refractivity contribution in [3.05, 3.63) is 92.8 Å². The highest BCUT2D eigenvalue weighted by atomic mass is 16.5. The maximum Gasteiger partial charge on any atom is 0.331 e. The number of fused-ring (bicyclic) bond motifs is 2. The second-order valence-corrected chi connectivity index (χ2v) is 10.5. The van der Waals surface area contributed by atoms with Gasteiger partial charge in [-0.2, -0.15) is 0 Å². The first-order chi connectivity index (χ1) is 18.5. The molecule has 1 N–H and O–H groups in total. The van der Waals surface area contributed by atoms with E-state index in [-0.39, 0.29) is 17.8 Å². The van der Waals surface area contributed by atoms with Gasteiger partial charge in [0.2, 0.25) is 5.88 Å². The van der Waals surface area contributed by atoms with Gasteiger partial charge in [-0.1, -0.05) is 30.3 Å². The minimum absolute atomic E-state index is 0.0272. The molecule has 0 spiro atoms. The summed E-state index contributed by atoms with van der Waals surface area (Å²) in [5.74, 6) is 0.960. The van der Waals surface area contributed by atoms with Crippen molar-refractivity contribution < 1.29 is 9.84 Å².